The summed E-state index contributed by atoms with van der Waals surface area (Å²) in [6, 6.07) is 15.6. The molecule has 0 saturated heterocycles. The predicted molar refractivity (Wildman–Crippen MR) is 132 cm³/mol. The first-order chi connectivity index (χ1) is 17.1. The van der Waals surface area contributed by atoms with Crippen LogP contribution in [0.25, 0.3) is 11.8 Å². The van der Waals surface area contributed by atoms with E-state index in [1.807, 2.05) is 24.0 Å². The first kappa shape index (κ1) is 27.0. The van der Waals surface area contributed by atoms with Crippen molar-refractivity contribution in [1.82, 2.24) is 14.9 Å². The summed E-state index contributed by atoms with van der Waals surface area (Å²) in [7, 11) is 1.72. The summed E-state index contributed by atoms with van der Waals surface area (Å²) in [5.74, 6) is -1.91. The second-order valence-corrected chi connectivity index (χ2v) is 8.48. The van der Waals surface area contributed by atoms with Gasteiger partial charge in [0.25, 0.3) is 0 Å². The minimum Gasteiger partial charge on any atom is -0.495 e. The smallest absolute Gasteiger partial charge is 0.490 e. The maximum Gasteiger partial charge on any atom is 0.490 e. The average Bonchev–Trinajstić information content (AvgIpc) is 3.47. The molecule has 0 bridgehead atoms. The van der Waals surface area contributed by atoms with Gasteiger partial charge in [0.05, 0.1) is 24.8 Å². The molecule has 36 heavy (non-hydrogen) atoms. The molecule has 0 radical (unpaired) electrons. The highest BCUT2D eigenvalue weighted by molar-refractivity contribution is 5.73. The Morgan fingerprint density at radius 2 is 2.00 bits per heavy atom. The lowest BCUT2D eigenvalue weighted by Crippen LogP contribution is -2.21. The third-order valence-electron chi connectivity index (χ3n) is 5.97. The molecule has 0 amide bonds. The number of halogens is 3. The van der Waals surface area contributed by atoms with E-state index in [0.717, 1.165) is 35.7 Å². The molecule has 0 saturated carbocycles. The van der Waals surface area contributed by atoms with Crippen molar-refractivity contribution in [3.8, 4) is 11.4 Å². The van der Waals surface area contributed by atoms with Crippen LogP contribution in [0.1, 0.15) is 48.2 Å². The Bertz CT molecular complexity index is 1220. The number of aliphatic carboxylic acids is 1. The van der Waals surface area contributed by atoms with Gasteiger partial charge in [-0.2, -0.15) is 13.2 Å². The molecule has 192 valence electrons. The lowest BCUT2D eigenvalue weighted by atomic mass is 10.1. The Kier molecular flexibility index (Phi) is 8.93. The van der Waals surface area contributed by atoms with Crippen molar-refractivity contribution in [3.63, 3.8) is 0 Å². The van der Waals surface area contributed by atoms with Gasteiger partial charge >= 0.3 is 12.1 Å². The highest BCUT2D eigenvalue weighted by Gasteiger charge is 2.38. The van der Waals surface area contributed by atoms with Crippen molar-refractivity contribution in [3.05, 3.63) is 82.9 Å². The Balaban J connectivity index is 0.000000454. The molecule has 2 N–H and O–H groups in total. The number of nitrogens with zero attached hydrogens (tertiary/aromatic N) is 2. The van der Waals surface area contributed by atoms with Crippen molar-refractivity contribution in [2.75, 3.05) is 13.7 Å². The third-order valence-corrected chi connectivity index (χ3v) is 5.97. The van der Waals surface area contributed by atoms with Gasteiger partial charge in [-0.15, -0.1) is 0 Å². The largest absolute Gasteiger partial charge is 0.495 e. The van der Waals surface area contributed by atoms with E-state index in [1.54, 1.807) is 7.11 Å². The maximum absolute atomic E-state index is 10.6. The molecule has 1 aliphatic carbocycles. The standard InChI is InChI=1S/C25H29N3O.C2HF3O2/c1-4-19(15-26-23-11-10-21-7-5-6-8-22(21)23)13-20-9-12-24(25(14-20)29-3)28-16-18(2)27-17-28;3-2(4,5)1(6)7/h5-9,12-14,16-17,23,26H,4,10-11,15H2,1-3H3;(H,6,7). The number of ether oxygens (including phenoxy) is 1. The molecule has 0 aliphatic heterocycles. The van der Waals surface area contributed by atoms with Crippen molar-refractivity contribution in [1.29, 1.82) is 0 Å². The highest BCUT2D eigenvalue weighted by atomic mass is 19.4. The van der Waals surface area contributed by atoms with E-state index in [2.05, 4.69) is 65.8 Å². The zero-order chi connectivity index (χ0) is 26.3. The van der Waals surface area contributed by atoms with E-state index in [0.29, 0.717) is 6.04 Å². The summed E-state index contributed by atoms with van der Waals surface area (Å²) in [6.07, 6.45) is 4.40. The Labute approximate surface area is 208 Å². The van der Waals surface area contributed by atoms with Crippen LogP contribution in [0.3, 0.4) is 0 Å². The number of hydrogen-bond donors (Lipinski definition) is 2. The fourth-order valence-corrected chi connectivity index (χ4v) is 4.09. The number of carbonyl (C=O) groups is 1. The van der Waals surface area contributed by atoms with Crippen LogP contribution < -0.4 is 10.1 Å². The predicted octanol–water partition coefficient (Wildman–Crippen LogP) is 5.89. The summed E-state index contributed by atoms with van der Waals surface area (Å²) in [5, 5.41) is 10.9. The van der Waals surface area contributed by atoms with Gasteiger partial charge in [0.1, 0.15) is 5.75 Å². The van der Waals surface area contributed by atoms with Crippen LogP contribution in [0.15, 0.2) is 60.6 Å². The van der Waals surface area contributed by atoms with Crippen LogP contribution >= 0.6 is 0 Å². The van der Waals surface area contributed by atoms with Crippen LogP contribution in [-0.2, 0) is 11.2 Å². The number of fused-ring (bicyclic) bond motifs is 1. The number of imidazole rings is 1. The quantitative estimate of drug-likeness (QED) is 0.422. The number of methoxy groups -OCH3 is 1. The number of benzene rings is 2. The van der Waals surface area contributed by atoms with Crippen LogP contribution in [0.2, 0.25) is 0 Å². The van der Waals surface area contributed by atoms with Gasteiger partial charge in [-0.05, 0) is 55.0 Å². The molecular formula is C27H30F3N3O3. The summed E-state index contributed by atoms with van der Waals surface area (Å²) in [5.41, 5.74) is 7.50. The average molecular weight is 502 g/mol. The van der Waals surface area contributed by atoms with Crippen LogP contribution in [0.5, 0.6) is 5.75 Å². The van der Waals surface area contributed by atoms with Gasteiger partial charge < -0.3 is 19.7 Å². The molecule has 1 aliphatic rings. The van der Waals surface area contributed by atoms with E-state index >= 15 is 0 Å². The van der Waals surface area contributed by atoms with Gasteiger partial charge in [-0.3, -0.25) is 0 Å². The molecule has 1 atom stereocenters. The second-order valence-electron chi connectivity index (χ2n) is 8.48. The van der Waals surface area contributed by atoms with Crippen LogP contribution in [0, 0.1) is 6.92 Å². The maximum atomic E-state index is 10.6. The van der Waals surface area contributed by atoms with E-state index in [-0.39, 0.29) is 0 Å². The van der Waals surface area contributed by atoms with Crippen molar-refractivity contribution < 1.29 is 27.8 Å². The summed E-state index contributed by atoms with van der Waals surface area (Å²) < 4.78 is 39.4. The number of carboxylic acids is 1. The molecule has 4 rings (SSSR count). The summed E-state index contributed by atoms with van der Waals surface area (Å²) >= 11 is 0. The molecule has 0 fully saturated rings. The van der Waals surface area contributed by atoms with Gasteiger partial charge in [0.15, 0.2) is 0 Å². The second kappa shape index (κ2) is 11.9. The molecule has 1 aromatic heterocycles. The van der Waals surface area contributed by atoms with Crippen LogP contribution in [-0.4, -0.2) is 40.5 Å². The number of rotatable bonds is 7. The normalized spacial score (nSPS) is 15.2. The lowest BCUT2D eigenvalue weighted by Gasteiger charge is -2.16. The number of carboxylic acid groups (broad SMARTS) is 1. The fourth-order valence-electron chi connectivity index (χ4n) is 4.09. The highest BCUT2D eigenvalue weighted by Crippen LogP contribution is 2.31. The summed E-state index contributed by atoms with van der Waals surface area (Å²) in [6.45, 7) is 5.11. The van der Waals surface area contributed by atoms with Crippen LogP contribution in [0.4, 0.5) is 13.2 Å². The van der Waals surface area contributed by atoms with E-state index in [4.69, 9.17) is 14.6 Å². The molecule has 1 heterocycles. The molecule has 9 heteroatoms. The summed E-state index contributed by atoms with van der Waals surface area (Å²) in [4.78, 5) is 13.2. The van der Waals surface area contributed by atoms with Gasteiger partial charge in [0.2, 0.25) is 0 Å². The zero-order valence-corrected chi connectivity index (χ0v) is 20.5. The fraction of sp³-hybridized carbons (Fsp3) is 0.333. The van der Waals surface area contributed by atoms with Crippen molar-refractivity contribution in [2.45, 2.75) is 45.3 Å². The van der Waals surface area contributed by atoms with Gasteiger partial charge in [-0.1, -0.05) is 48.9 Å². The van der Waals surface area contributed by atoms with Gasteiger partial charge in [0, 0.05) is 18.8 Å². The number of aryl methyl sites for hydroxylation is 2. The number of hydrogen-bond acceptors (Lipinski definition) is 4. The Morgan fingerprint density at radius 3 is 2.61 bits per heavy atom. The van der Waals surface area contributed by atoms with E-state index in [1.165, 1.54) is 29.5 Å². The SMILES string of the molecule is CCC(=Cc1ccc(-n2cnc(C)c2)c(OC)c1)CNC1CCc2ccccc21.O=C(O)C(F)(F)F. The molecule has 3 aromatic rings. The minimum atomic E-state index is -5.08. The van der Waals surface area contributed by atoms with Gasteiger partial charge in [-0.25, -0.2) is 9.78 Å². The monoisotopic (exact) mass is 501 g/mol. The molecule has 2 aromatic carbocycles. The third kappa shape index (κ3) is 6.97. The first-order valence-corrected chi connectivity index (χ1v) is 11.6. The minimum absolute atomic E-state index is 0.461. The van der Waals surface area contributed by atoms with Crippen molar-refractivity contribution >= 4 is 12.0 Å². The van der Waals surface area contributed by atoms with Crippen molar-refractivity contribution in [2.24, 2.45) is 0 Å². The van der Waals surface area contributed by atoms with E-state index < -0.39 is 12.1 Å². The topological polar surface area (TPSA) is 76.4 Å². The molecule has 6 nitrogen and oxygen atoms in total. The first-order valence-electron chi connectivity index (χ1n) is 11.6. The molecular weight excluding hydrogens is 471 g/mol. The lowest BCUT2D eigenvalue weighted by molar-refractivity contribution is -0.192. The molecule has 0 spiro atoms. The van der Waals surface area contributed by atoms with E-state index in [9.17, 15) is 13.2 Å². The number of alkyl halides is 3. The zero-order valence-electron chi connectivity index (χ0n) is 20.5. The molecule has 1 unspecified atom stereocenters. The Hall–Kier alpha value is -3.59. The Morgan fingerprint density at radius 1 is 1.28 bits per heavy atom. The number of nitrogens with one attached hydrogen (secondary N) is 1. The number of aromatic nitrogens is 2.